The second-order valence-corrected chi connectivity index (χ2v) is 16.0. The van der Waals surface area contributed by atoms with Gasteiger partial charge in [0, 0.05) is 11.1 Å². The van der Waals surface area contributed by atoms with E-state index in [9.17, 15) is 0 Å². The molecule has 4 aromatic rings. The van der Waals surface area contributed by atoms with Gasteiger partial charge in [0.1, 0.15) is 11.6 Å². The van der Waals surface area contributed by atoms with Crippen molar-refractivity contribution in [2.45, 2.75) is 115 Å². The summed E-state index contributed by atoms with van der Waals surface area (Å²) in [6, 6.07) is 10.6. The quantitative estimate of drug-likeness (QED) is 0.183. The highest BCUT2D eigenvalue weighted by Gasteiger charge is 2.44. The number of hydrogen-bond donors (Lipinski definition) is 4. The van der Waals surface area contributed by atoms with Gasteiger partial charge < -0.3 is 20.6 Å². The van der Waals surface area contributed by atoms with E-state index in [0.29, 0.717) is 22.9 Å². The number of nitrogens with one attached hydrogen (secondary N) is 4. The van der Waals surface area contributed by atoms with E-state index < -0.39 is 0 Å². The normalized spacial score (nSPS) is 25.7. The van der Waals surface area contributed by atoms with Gasteiger partial charge in [-0.15, -0.1) is 0 Å². The smallest absolute Gasteiger partial charge is 0.123 e. The molecule has 4 heterocycles. The topological polar surface area (TPSA) is 81.4 Å². The summed E-state index contributed by atoms with van der Waals surface area (Å²) in [5.74, 6) is 2.22. The second-order valence-electron chi connectivity index (χ2n) is 16.0. The molecule has 6 nitrogen and oxygen atoms in total. The zero-order chi connectivity index (χ0) is 30.3. The Hall–Kier alpha value is -3.22. The van der Waals surface area contributed by atoms with Crippen LogP contribution in [0.1, 0.15) is 123 Å². The third kappa shape index (κ3) is 4.42. The van der Waals surface area contributed by atoms with Gasteiger partial charge in [-0.05, 0) is 134 Å². The van der Waals surface area contributed by atoms with E-state index in [-0.39, 0.29) is 0 Å². The Labute approximate surface area is 273 Å². The van der Waals surface area contributed by atoms with E-state index in [1.165, 1.54) is 136 Å². The van der Waals surface area contributed by atoms with Gasteiger partial charge in [0.05, 0.1) is 35.9 Å². The van der Waals surface area contributed by atoms with Crippen molar-refractivity contribution in [1.29, 1.82) is 0 Å². The standard InChI is InChI=1S/C40H48N6/c1-2-14-39(13-1)19-29-25(9-11-27(31(29)21-39)35-23-43-37(45-35)33-7-5-17-41-33)26-10-12-28(32-22-40(20-30(26)32)15-3-4-16-40)36-24-44-38(46-36)34-8-6-18-42-34/h9-12,23-24,33-34,41-42H,1-8,13-22H2,(H,43,45)(H,44,46). The molecule has 0 radical (unpaired) electrons. The van der Waals surface area contributed by atoms with Crippen molar-refractivity contribution in [2.75, 3.05) is 13.1 Å². The molecule has 238 valence electrons. The number of aromatic nitrogens is 4. The van der Waals surface area contributed by atoms with Crippen LogP contribution >= 0.6 is 0 Å². The average molecular weight is 613 g/mol. The Kier molecular flexibility index (Phi) is 6.45. The molecule has 2 atom stereocenters. The summed E-state index contributed by atoms with van der Waals surface area (Å²) < 4.78 is 0. The van der Waals surface area contributed by atoms with Crippen molar-refractivity contribution in [3.8, 4) is 33.6 Å². The van der Waals surface area contributed by atoms with Crippen LogP contribution in [-0.2, 0) is 25.7 Å². The number of fused-ring (bicyclic) bond motifs is 2. The number of imidazole rings is 2. The fraction of sp³-hybridized carbons (Fsp3) is 0.550. The largest absolute Gasteiger partial charge is 0.341 e. The van der Waals surface area contributed by atoms with E-state index in [1.807, 2.05) is 0 Å². The molecule has 4 fully saturated rings. The number of hydrogen-bond acceptors (Lipinski definition) is 4. The first-order chi connectivity index (χ1) is 22.7. The van der Waals surface area contributed by atoms with Gasteiger partial charge >= 0.3 is 0 Å². The number of aromatic amines is 2. The summed E-state index contributed by atoms with van der Waals surface area (Å²) in [5, 5.41) is 7.27. The van der Waals surface area contributed by atoms with Crippen molar-refractivity contribution >= 4 is 0 Å². The van der Waals surface area contributed by atoms with Crippen LogP contribution in [0.25, 0.3) is 33.6 Å². The van der Waals surface area contributed by atoms with Gasteiger partial charge in [0.2, 0.25) is 0 Å². The number of H-pyrrole nitrogens is 2. The van der Waals surface area contributed by atoms with Gasteiger partial charge in [0.25, 0.3) is 0 Å². The molecule has 2 aliphatic heterocycles. The molecule has 2 spiro atoms. The van der Waals surface area contributed by atoms with Crippen molar-refractivity contribution in [1.82, 2.24) is 30.6 Å². The molecule has 46 heavy (non-hydrogen) atoms. The summed E-state index contributed by atoms with van der Waals surface area (Å²) in [7, 11) is 0. The number of nitrogens with zero attached hydrogens (tertiary/aromatic N) is 2. The highest BCUT2D eigenvalue weighted by atomic mass is 15.0. The van der Waals surface area contributed by atoms with Gasteiger partial charge in [-0.1, -0.05) is 49.9 Å². The molecule has 2 aromatic heterocycles. The maximum atomic E-state index is 4.89. The zero-order valence-corrected chi connectivity index (χ0v) is 27.2. The maximum Gasteiger partial charge on any atom is 0.123 e. The van der Waals surface area contributed by atoms with E-state index in [0.717, 1.165) is 24.7 Å². The Balaban J connectivity index is 1.09. The summed E-state index contributed by atoms with van der Waals surface area (Å²) in [6.45, 7) is 2.19. The number of rotatable bonds is 5. The highest BCUT2D eigenvalue weighted by molar-refractivity contribution is 5.83. The molecule has 2 aromatic carbocycles. The molecule has 10 rings (SSSR count). The van der Waals surface area contributed by atoms with Crippen LogP contribution in [0.3, 0.4) is 0 Å². The van der Waals surface area contributed by atoms with E-state index in [1.54, 1.807) is 22.3 Å². The zero-order valence-electron chi connectivity index (χ0n) is 27.2. The molecule has 2 saturated carbocycles. The fourth-order valence-corrected chi connectivity index (χ4v) is 10.9. The fourth-order valence-electron chi connectivity index (χ4n) is 10.9. The molecule has 6 aliphatic rings. The molecule has 2 saturated heterocycles. The van der Waals surface area contributed by atoms with Crippen molar-refractivity contribution in [3.05, 3.63) is 70.6 Å². The highest BCUT2D eigenvalue weighted by Crippen LogP contribution is 2.56. The van der Waals surface area contributed by atoms with E-state index in [4.69, 9.17) is 9.97 Å². The average Bonchev–Trinajstić information content (AvgIpc) is 3.93. The van der Waals surface area contributed by atoms with Gasteiger partial charge in [-0.25, -0.2) is 9.97 Å². The van der Waals surface area contributed by atoms with Crippen LogP contribution in [-0.4, -0.2) is 33.0 Å². The lowest BCUT2D eigenvalue weighted by molar-refractivity contribution is 0.317. The van der Waals surface area contributed by atoms with Crippen LogP contribution in [0.2, 0.25) is 0 Å². The van der Waals surface area contributed by atoms with Gasteiger partial charge in [-0.3, -0.25) is 0 Å². The summed E-state index contributed by atoms with van der Waals surface area (Å²) >= 11 is 0. The minimum atomic E-state index is 0.367. The molecular weight excluding hydrogens is 564 g/mol. The third-order valence-corrected chi connectivity index (χ3v) is 13.2. The third-order valence-electron chi connectivity index (χ3n) is 13.2. The Bertz CT molecular complexity index is 1650. The van der Waals surface area contributed by atoms with Crippen molar-refractivity contribution in [3.63, 3.8) is 0 Å². The first-order valence-corrected chi connectivity index (χ1v) is 18.5. The molecule has 0 bridgehead atoms. The summed E-state index contributed by atoms with van der Waals surface area (Å²) in [5.41, 5.74) is 15.6. The first kappa shape index (κ1) is 27.9. The summed E-state index contributed by atoms with van der Waals surface area (Å²) in [4.78, 5) is 17.3. The van der Waals surface area contributed by atoms with Crippen LogP contribution in [0.4, 0.5) is 0 Å². The molecule has 4 N–H and O–H groups in total. The van der Waals surface area contributed by atoms with Crippen molar-refractivity contribution < 1.29 is 0 Å². The van der Waals surface area contributed by atoms with Crippen LogP contribution in [0.5, 0.6) is 0 Å². The molecular formula is C40H48N6. The molecule has 6 heteroatoms. The predicted octanol–water partition coefficient (Wildman–Crippen LogP) is 8.30. The lowest BCUT2D eigenvalue weighted by atomic mass is 9.82. The minimum absolute atomic E-state index is 0.367. The van der Waals surface area contributed by atoms with Gasteiger partial charge in [0.15, 0.2) is 0 Å². The van der Waals surface area contributed by atoms with Crippen molar-refractivity contribution in [2.24, 2.45) is 10.8 Å². The lowest BCUT2D eigenvalue weighted by Crippen LogP contribution is -2.16. The predicted molar refractivity (Wildman–Crippen MR) is 184 cm³/mol. The van der Waals surface area contributed by atoms with Gasteiger partial charge in [-0.2, -0.15) is 0 Å². The second kappa shape index (κ2) is 10.6. The first-order valence-electron chi connectivity index (χ1n) is 18.5. The summed E-state index contributed by atoms with van der Waals surface area (Å²) in [6.07, 6.45) is 25.0. The lowest BCUT2D eigenvalue weighted by Gasteiger charge is -2.22. The minimum Gasteiger partial charge on any atom is -0.341 e. The van der Waals surface area contributed by atoms with E-state index in [2.05, 4.69) is 57.3 Å². The Morgan fingerprint density at radius 1 is 0.500 bits per heavy atom. The maximum absolute atomic E-state index is 4.89. The van der Waals surface area contributed by atoms with Crippen LogP contribution in [0.15, 0.2) is 36.7 Å². The van der Waals surface area contributed by atoms with Crippen LogP contribution in [0, 0.1) is 10.8 Å². The molecule has 4 aliphatic carbocycles. The van der Waals surface area contributed by atoms with E-state index >= 15 is 0 Å². The Morgan fingerprint density at radius 3 is 1.28 bits per heavy atom. The number of benzene rings is 2. The Morgan fingerprint density at radius 2 is 0.891 bits per heavy atom. The SMILES string of the molecule is c1nc(C2CCCN2)[nH]c1-c1ccc(-c2ccc(-c3cnc(C4CCCN4)[nH]3)c3c2CC2(CCCC2)C3)c2c1CC1(CCCC1)C2. The molecule has 0 amide bonds. The van der Waals surface area contributed by atoms with Crippen LogP contribution < -0.4 is 10.6 Å². The monoisotopic (exact) mass is 612 g/mol. The molecule has 2 unspecified atom stereocenters.